The second-order valence-corrected chi connectivity index (χ2v) is 3.38. The first-order chi connectivity index (χ1) is 6.83. The molecule has 0 unspecified atom stereocenters. The Labute approximate surface area is 87.8 Å². The fourth-order valence-corrected chi connectivity index (χ4v) is 1.84. The molecule has 0 radical (unpaired) electrons. The summed E-state index contributed by atoms with van der Waals surface area (Å²) in [6.07, 6.45) is 0. The molecular weight excluding hydrogens is 198 g/mol. The minimum Gasteiger partial charge on any atom is -0.495 e. The van der Waals surface area contributed by atoms with Gasteiger partial charge in [-0.3, -0.25) is 0 Å². The maximum absolute atomic E-state index is 6.73. The third-order valence-electron chi connectivity index (χ3n) is 1.66. The number of benzene rings is 1. The molecule has 0 fully saturated rings. The molecule has 1 aromatic carbocycles. The van der Waals surface area contributed by atoms with Crippen LogP contribution in [0.3, 0.4) is 0 Å². The zero-order chi connectivity index (χ0) is 10.4. The second-order valence-electron chi connectivity index (χ2n) is 2.42. The fraction of sp³-hybridized carbons (Fsp3) is 0.300. The molecule has 0 aliphatic carbocycles. The van der Waals surface area contributed by atoms with Crippen molar-refractivity contribution in [2.24, 2.45) is 0 Å². The Bertz CT molecular complexity index is 324. The van der Waals surface area contributed by atoms with Crippen LogP contribution in [0.2, 0.25) is 0 Å². The molecule has 0 aliphatic heterocycles. The van der Waals surface area contributed by atoms with Crippen LogP contribution in [0.1, 0.15) is 0 Å². The van der Waals surface area contributed by atoms with Crippen molar-refractivity contribution in [1.82, 2.24) is 0 Å². The molecule has 0 N–H and O–H groups in total. The van der Waals surface area contributed by atoms with Crippen LogP contribution in [-0.4, -0.2) is 20.1 Å². The Morgan fingerprint density at radius 1 is 1.29 bits per heavy atom. The summed E-state index contributed by atoms with van der Waals surface area (Å²) in [4.78, 5) is 4.17. The van der Waals surface area contributed by atoms with Crippen LogP contribution >= 0.6 is 11.8 Å². The molecular formula is C10H11NO2S. The summed E-state index contributed by atoms with van der Waals surface area (Å²) in [5.74, 6) is 1.87. The predicted octanol–water partition coefficient (Wildman–Crippen LogP) is 2.67. The van der Waals surface area contributed by atoms with Crippen molar-refractivity contribution in [2.75, 3.05) is 20.1 Å². The van der Waals surface area contributed by atoms with Crippen LogP contribution < -0.4 is 9.47 Å². The molecule has 0 spiro atoms. The van der Waals surface area contributed by atoms with Crippen LogP contribution in [0.4, 0.5) is 0 Å². The summed E-state index contributed by atoms with van der Waals surface area (Å²) in [7, 11) is 3.22. The topological polar surface area (TPSA) is 22.8 Å². The second kappa shape index (κ2) is 5.40. The molecule has 74 valence electrons. The van der Waals surface area contributed by atoms with Gasteiger partial charge in [-0.25, -0.2) is 6.57 Å². The normalized spacial score (nSPS) is 9.21. The van der Waals surface area contributed by atoms with Crippen molar-refractivity contribution in [1.29, 1.82) is 0 Å². The highest BCUT2D eigenvalue weighted by molar-refractivity contribution is 7.99. The van der Waals surface area contributed by atoms with Crippen molar-refractivity contribution in [3.63, 3.8) is 0 Å². The van der Waals surface area contributed by atoms with E-state index in [9.17, 15) is 0 Å². The number of methoxy groups -OCH3 is 2. The van der Waals surface area contributed by atoms with E-state index in [4.69, 9.17) is 16.0 Å². The van der Waals surface area contributed by atoms with E-state index in [1.54, 1.807) is 14.2 Å². The quantitative estimate of drug-likeness (QED) is 0.562. The van der Waals surface area contributed by atoms with Crippen molar-refractivity contribution >= 4 is 11.8 Å². The standard InChI is InChI=1S/C10H11NO2S/c1-11-7-14-10-8(12-2)5-4-6-9(10)13-3/h4-6H,7H2,2-3H3. The number of thioether (sulfide) groups is 1. The van der Waals surface area contributed by atoms with Crippen molar-refractivity contribution < 1.29 is 9.47 Å². The van der Waals surface area contributed by atoms with Gasteiger partial charge in [-0.15, -0.1) is 0 Å². The lowest BCUT2D eigenvalue weighted by Crippen LogP contribution is -1.91. The molecule has 0 saturated heterocycles. The summed E-state index contributed by atoms with van der Waals surface area (Å²) >= 11 is 1.42. The van der Waals surface area contributed by atoms with Gasteiger partial charge < -0.3 is 14.3 Å². The third kappa shape index (κ3) is 2.33. The molecule has 0 aromatic heterocycles. The van der Waals surface area contributed by atoms with Gasteiger partial charge in [0, 0.05) is 0 Å². The molecule has 0 atom stereocenters. The summed E-state index contributed by atoms with van der Waals surface area (Å²) in [6, 6.07) is 5.57. The number of hydrogen-bond donors (Lipinski definition) is 0. The highest BCUT2D eigenvalue weighted by Gasteiger charge is 2.10. The van der Waals surface area contributed by atoms with E-state index >= 15 is 0 Å². The minimum absolute atomic E-state index is 0.372. The lowest BCUT2D eigenvalue weighted by atomic mass is 10.3. The summed E-state index contributed by atoms with van der Waals surface area (Å²) in [5, 5.41) is 0. The Kier molecular flexibility index (Phi) is 4.14. The van der Waals surface area contributed by atoms with E-state index in [0.29, 0.717) is 5.88 Å². The molecule has 0 saturated carbocycles. The SMILES string of the molecule is [C-]#[N+]CSc1c(OC)cccc1OC. The zero-order valence-corrected chi connectivity index (χ0v) is 8.93. The van der Waals surface area contributed by atoms with E-state index in [0.717, 1.165) is 16.4 Å². The van der Waals surface area contributed by atoms with E-state index in [1.807, 2.05) is 18.2 Å². The molecule has 4 heteroatoms. The van der Waals surface area contributed by atoms with E-state index in [2.05, 4.69) is 4.85 Å². The minimum atomic E-state index is 0.372. The smallest absolute Gasteiger partial charge is 0.264 e. The monoisotopic (exact) mass is 209 g/mol. The molecule has 3 nitrogen and oxygen atoms in total. The molecule has 0 bridgehead atoms. The van der Waals surface area contributed by atoms with Gasteiger partial charge >= 0.3 is 0 Å². The van der Waals surface area contributed by atoms with Gasteiger partial charge in [-0.1, -0.05) is 6.07 Å². The van der Waals surface area contributed by atoms with E-state index in [-0.39, 0.29) is 0 Å². The number of ether oxygens (including phenoxy) is 2. The lowest BCUT2D eigenvalue weighted by molar-refractivity contribution is 0.376. The van der Waals surface area contributed by atoms with Gasteiger partial charge in [0.05, 0.1) is 19.1 Å². The third-order valence-corrected chi connectivity index (χ3v) is 2.61. The van der Waals surface area contributed by atoms with Crippen molar-refractivity contribution in [2.45, 2.75) is 4.90 Å². The Hall–Kier alpha value is -1.34. The van der Waals surface area contributed by atoms with Gasteiger partial charge in [-0.2, -0.15) is 0 Å². The van der Waals surface area contributed by atoms with Gasteiger partial charge in [-0.05, 0) is 23.9 Å². The summed E-state index contributed by atoms with van der Waals surface area (Å²) in [6.45, 7) is 6.73. The average molecular weight is 209 g/mol. The number of rotatable bonds is 4. The Morgan fingerprint density at radius 3 is 2.29 bits per heavy atom. The van der Waals surface area contributed by atoms with Gasteiger partial charge in [0.15, 0.2) is 0 Å². The van der Waals surface area contributed by atoms with E-state index in [1.165, 1.54) is 11.8 Å². The highest BCUT2D eigenvalue weighted by Crippen LogP contribution is 2.37. The summed E-state index contributed by atoms with van der Waals surface area (Å²) < 4.78 is 10.4. The van der Waals surface area contributed by atoms with Crippen LogP contribution in [0, 0.1) is 6.57 Å². The molecule has 14 heavy (non-hydrogen) atoms. The predicted molar refractivity (Wildman–Crippen MR) is 56.9 cm³/mol. The molecule has 0 amide bonds. The van der Waals surface area contributed by atoms with Gasteiger partial charge in [0.25, 0.3) is 5.88 Å². The number of hydrogen-bond acceptors (Lipinski definition) is 3. The van der Waals surface area contributed by atoms with Crippen molar-refractivity contribution in [3.8, 4) is 11.5 Å². The Balaban J connectivity index is 3.00. The van der Waals surface area contributed by atoms with Gasteiger partial charge in [0.1, 0.15) is 11.5 Å². The number of nitrogens with zero attached hydrogens (tertiary/aromatic N) is 1. The van der Waals surface area contributed by atoms with Gasteiger partial charge in [0.2, 0.25) is 0 Å². The highest BCUT2D eigenvalue weighted by atomic mass is 32.2. The molecule has 0 heterocycles. The van der Waals surface area contributed by atoms with Crippen LogP contribution in [0.25, 0.3) is 4.85 Å². The van der Waals surface area contributed by atoms with Crippen molar-refractivity contribution in [3.05, 3.63) is 29.6 Å². The van der Waals surface area contributed by atoms with Crippen LogP contribution in [0.15, 0.2) is 23.1 Å². The zero-order valence-electron chi connectivity index (χ0n) is 8.11. The van der Waals surface area contributed by atoms with Crippen LogP contribution in [0.5, 0.6) is 11.5 Å². The molecule has 0 aliphatic rings. The van der Waals surface area contributed by atoms with Crippen LogP contribution in [-0.2, 0) is 0 Å². The van der Waals surface area contributed by atoms with E-state index < -0.39 is 0 Å². The Morgan fingerprint density at radius 2 is 1.86 bits per heavy atom. The maximum Gasteiger partial charge on any atom is 0.264 e. The first kappa shape index (κ1) is 10.7. The average Bonchev–Trinajstić information content (AvgIpc) is 2.25. The fourth-order valence-electron chi connectivity index (χ4n) is 1.06. The largest absolute Gasteiger partial charge is 0.495 e. The first-order valence-corrected chi connectivity index (χ1v) is 4.99. The molecule has 1 aromatic rings. The lowest BCUT2D eigenvalue weighted by Gasteiger charge is -2.09. The maximum atomic E-state index is 6.73. The summed E-state index contributed by atoms with van der Waals surface area (Å²) in [5.41, 5.74) is 0. The first-order valence-electron chi connectivity index (χ1n) is 4.00. The molecule has 1 rings (SSSR count).